The van der Waals surface area contributed by atoms with Gasteiger partial charge < -0.3 is 10.1 Å². The molecule has 1 aromatic carbocycles. The van der Waals surface area contributed by atoms with Gasteiger partial charge in [-0.05, 0) is 31.4 Å². The van der Waals surface area contributed by atoms with E-state index in [1.54, 1.807) is 7.11 Å². The molecule has 0 aliphatic carbocycles. The number of aromatic nitrogens is 1. The molecule has 0 amide bonds. The van der Waals surface area contributed by atoms with Gasteiger partial charge in [0.15, 0.2) is 0 Å². The lowest BCUT2D eigenvalue weighted by atomic mass is 10.0. The summed E-state index contributed by atoms with van der Waals surface area (Å²) < 4.78 is 5.39. The third-order valence-corrected chi connectivity index (χ3v) is 3.73. The highest BCUT2D eigenvalue weighted by molar-refractivity contribution is 5.91. The Kier molecular flexibility index (Phi) is 5.43. The summed E-state index contributed by atoms with van der Waals surface area (Å²) in [6.07, 6.45) is 5.54. The zero-order chi connectivity index (χ0) is 15.2. The van der Waals surface area contributed by atoms with Crippen LogP contribution in [0.2, 0.25) is 0 Å². The summed E-state index contributed by atoms with van der Waals surface area (Å²) in [4.78, 5) is 4.50. The van der Waals surface area contributed by atoms with Crippen LogP contribution in [0.4, 0.5) is 5.69 Å². The molecule has 21 heavy (non-hydrogen) atoms. The number of fused-ring (bicyclic) bond motifs is 1. The van der Waals surface area contributed by atoms with Crippen LogP contribution in [0.1, 0.15) is 40.0 Å². The molecule has 3 heteroatoms. The molecule has 1 N–H and O–H groups in total. The zero-order valence-electron chi connectivity index (χ0n) is 13.5. The maximum absolute atomic E-state index is 5.39. The molecule has 0 aliphatic heterocycles. The minimum atomic E-state index is 0.432. The van der Waals surface area contributed by atoms with Crippen LogP contribution in [-0.4, -0.2) is 18.1 Å². The van der Waals surface area contributed by atoms with E-state index in [1.807, 2.05) is 24.4 Å². The molecule has 114 valence electrons. The number of rotatable bonds is 7. The van der Waals surface area contributed by atoms with E-state index in [4.69, 9.17) is 4.74 Å². The van der Waals surface area contributed by atoms with E-state index in [9.17, 15) is 0 Å². The Morgan fingerprint density at radius 3 is 2.71 bits per heavy atom. The Morgan fingerprint density at radius 2 is 2.00 bits per heavy atom. The molecule has 2 aromatic rings. The second kappa shape index (κ2) is 7.30. The van der Waals surface area contributed by atoms with Crippen LogP contribution >= 0.6 is 0 Å². The van der Waals surface area contributed by atoms with Gasteiger partial charge >= 0.3 is 0 Å². The number of benzene rings is 1. The molecular formula is C18H26N2O. The Balaban J connectivity index is 2.13. The highest BCUT2D eigenvalue weighted by Crippen LogP contribution is 2.28. The van der Waals surface area contributed by atoms with Crippen molar-refractivity contribution in [2.24, 2.45) is 5.92 Å². The zero-order valence-corrected chi connectivity index (χ0v) is 13.5. The van der Waals surface area contributed by atoms with Gasteiger partial charge in [0.2, 0.25) is 0 Å². The predicted octanol–water partition coefficient (Wildman–Crippen LogP) is 4.87. The number of anilines is 1. The van der Waals surface area contributed by atoms with Gasteiger partial charge in [0.1, 0.15) is 5.75 Å². The first-order valence-electron chi connectivity index (χ1n) is 7.79. The van der Waals surface area contributed by atoms with E-state index in [1.165, 1.54) is 19.3 Å². The van der Waals surface area contributed by atoms with E-state index in [-0.39, 0.29) is 0 Å². The van der Waals surface area contributed by atoms with Gasteiger partial charge in [-0.25, -0.2) is 0 Å². The summed E-state index contributed by atoms with van der Waals surface area (Å²) in [5, 5.41) is 4.70. The summed E-state index contributed by atoms with van der Waals surface area (Å²) in [6.45, 7) is 6.78. The van der Waals surface area contributed by atoms with Gasteiger partial charge in [-0.3, -0.25) is 4.98 Å². The van der Waals surface area contributed by atoms with Crippen LogP contribution in [0.25, 0.3) is 10.9 Å². The molecule has 1 unspecified atom stereocenters. The van der Waals surface area contributed by atoms with Gasteiger partial charge in [0.25, 0.3) is 0 Å². The lowest BCUT2D eigenvalue weighted by molar-refractivity contribution is 0.415. The van der Waals surface area contributed by atoms with E-state index < -0.39 is 0 Å². The molecule has 0 saturated carbocycles. The molecule has 1 atom stereocenters. The highest BCUT2D eigenvalue weighted by atomic mass is 16.5. The maximum atomic E-state index is 5.39. The molecule has 0 fully saturated rings. The highest BCUT2D eigenvalue weighted by Gasteiger charge is 2.09. The van der Waals surface area contributed by atoms with Crippen molar-refractivity contribution in [3.05, 3.63) is 30.5 Å². The number of nitrogens with one attached hydrogen (secondary N) is 1. The first-order valence-corrected chi connectivity index (χ1v) is 7.79. The van der Waals surface area contributed by atoms with Gasteiger partial charge in [-0.15, -0.1) is 0 Å². The Morgan fingerprint density at radius 1 is 1.19 bits per heavy atom. The van der Waals surface area contributed by atoms with E-state index in [0.29, 0.717) is 6.04 Å². The summed E-state index contributed by atoms with van der Waals surface area (Å²) >= 11 is 0. The first kappa shape index (κ1) is 15.6. The smallest absolute Gasteiger partial charge is 0.121 e. The Labute approximate surface area is 127 Å². The minimum Gasteiger partial charge on any atom is -0.497 e. The molecule has 0 bridgehead atoms. The fourth-order valence-electron chi connectivity index (χ4n) is 2.56. The number of hydrogen-bond donors (Lipinski definition) is 1. The van der Waals surface area contributed by atoms with Crippen LogP contribution < -0.4 is 10.1 Å². The van der Waals surface area contributed by atoms with E-state index in [0.717, 1.165) is 28.3 Å². The Hall–Kier alpha value is -1.77. The predicted molar refractivity (Wildman–Crippen MR) is 90.1 cm³/mol. The monoisotopic (exact) mass is 286 g/mol. The molecule has 1 aromatic heterocycles. The second-order valence-electron chi connectivity index (χ2n) is 6.12. The van der Waals surface area contributed by atoms with Crippen LogP contribution in [0.5, 0.6) is 5.75 Å². The van der Waals surface area contributed by atoms with E-state index >= 15 is 0 Å². The van der Waals surface area contributed by atoms with Gasteiger partial charge in [0, 0.05) is 23.7 Å². The summed E-state index contributed by atoms with van der Waals surface area (Å²) in [7, 11) is 1.70. The number of ether oxygens (including phenoxy) is 1. The van der Waals surface area contributed by atoms with Gasteiger partial charge in [0.05, 0.1) is 18.3 Å². The van der Waals surface area contributed by atoms with Crippen LogP contribution in [0.15, 0.2) is 30.5 Å². The second-order valence-corrected chi connectivity index (χ2v) is 6.12. The molecule has 0 radical (unpaired) electrons. The average Bonchev–Trinajstić information content (AvgIpc) is 2.46. The van der Waals surface area contributed by atoms with E-state index in [2.05, 4.69) is 37.1 Å². The SMILES string of the molecule is COc1cc(NC(C)CCCC(C)C)c2ncccc2c1. The fourth-order valence-corrected chi connectivity index (χ4v) is 2.56. The molecular weight excluding hydrogens is 260 g/mol. The van der Waals surface area contributed by atoms with Gasteiger partial charge in [-0.2, -0.15) is 0 Å². The molecule has 0 aliphatic rings. The van der Waals surface area contributed by atoms with Crippen molar-refractivity contribution in [1.29, 1.82) is 0 Å². The van der Waals surface area contributed by atoms with Crippen LogP contribution in [-0.2, 0) is 0 Å². The number of methoxy groups -OCH3 is 1. The first-order chi connectivity index (χ1) is 10.1. The third kappa shape index (κ3) is 4.35. The summed E-state index contributed by atoms with van der Waals surface area (Å²) in [6, 6.07) is 8.52. The van der Waals surface area contributed by atoms with Crippen molar-refractivity contribution in [3.8, 4) is 5.75 Å². The number of hydrogen-bond acceptors (Lipinski definition) is 3. The third-order valence-electron chi connectivity index (χ3n) is 3.73. The van der Waals surface area contributed by atoms with Crippen molar-refractivity contribution in [2.45, 2.75) is 46.1 Å². The van der Waals surface area contributed by atoms with Crippen molar-refractivity contribution in [3.63, 3.8) is 0 Å². The van der Waals surface area contributed by atoms with Crippen LogP contribution in [0, 0.1) is 5.92 Å². The lowest BCUT2D eigenvalue weighted by Gasteiger charge is -2.18. The van der Waals surface area contributed by atoms with Crippen LogP contribution in [0.3, 0.4) is 0 Å². The minimum absolute atomic E-state index is 0.432. The fraction of sp³-hybridized carbons (Fsp3) is 0.500. The molecule has 3 nitrogen and oxygen atoms in total. The van der Waals surface area contributed by atoms with Crippen molar-refractivity contribution < 1.29 is 4.74 Å². The van der Waals surface area contributed by atoms with Crippen molar-refractivity contribution in [1.82, 2.24) is 4.98 Å². The average molecular weight is 286 g/mol. The van der Waals surface area contributed by atoms with Crippen molar-refractivity contribution >= 4 is 16.6 Å². The summed E-state index contributed by atoms with van der Waals surface area (Å²) in [5.41, 5.74) is 2.07. The molecule has 0 saturated heterocycles. The summed E-state index contributed by atoms with van der Waals surface area (Å²) in [5.74, 6) is 1.64. The number of nitrogens with zero attached hydrogens (tertiary/aromatic N) is 1. The Bertz CT molecular complexity index is 580. The lowest BCUT2D eigenvalue weighted by Crippen LogP contribution is -2.15. The normalized spacial score (nSPS) is 12.6. The van der Waals surface area contributed by atoms with Gasteiger partial charge in [-0.1, -0.05) is 32.8 Å². The maximum Gasteiger partial charge on any atom is 0.121 e. The molecule has 0 spiro atoms. The topological polar surface area (TPSA) is 34.1 Å². The molecule has 2 rings (SSSR count). The number of pyridine rings is 1. The molecule has 1 heterocycles. The standard InChI is InChI=1S/C18H26N2O/c1-13(2)7-5-8-14(3)20-17-12-16(21-4)11-15-9-6-10-19-18(15)17/h6,9-14,20H,5,7-8H2,1-4H3. The van der Waals surface area contributed by atoms with Crippen molar-refractivity contribution in [2.75, 3.05) is 12.4 Å². The largest absolute Gasteiger partial charge is 0.497 e. The quantitative estimate of drug-likeness (QED) is 0.788.